The predicted octanol–water partition coefficient (Wildman–Crippen LogP) is 3.72. The van der Waals surface area contributed by atoms with Gasteiger partial charge < -0.3 is 5.11 Å². The van der Waals surface area contributed by atoms with Crippen LogP contribution >= 0.6 is 0 Å². The molecule has 0 amide bonds. The fraction of sp³-hybridized carbons (Fsp3) is 0.600. The van der Waals surface area contributed by atoms with E-state index in [2.05, 4.69) is 40.0 Å². The molecule has 1 aliphatic rings. The van der Waals surface area contributed by atoms with Crippen LogP contribution in [0.3, 0.4) is 0 Å². The molecule has 0 aromatic carbocycles. The largest absolute Gasteiger partial charge is 0.392 e. The molecule has 90 valence electrons. The highest BCUT2D eigenvalue weighted by Crippen LogP contribution is 2.45. The van der Waals surface area contributed by atoms with Gasteiger partial charge in [0.25, 0.3) is 0 Å². The third-order valence-corrected chi connectivity index (χ3v) is 3.91. The van der Waals surface area contributed by atoms with E-state index in [4.69, 9.17) is 0 Å². The Kier molecular flexibility index (Phi) is 3.80. The van der Waals surface area contributed by atoms with E-state index in [1.54, 1.807) is 0 Å². The molecule has 1 rings (SSSR count). The highest BCUT2D eigenvalue weighted by molar-refractivity contribution is 5.27. The maximum atomic E-state index is 10.3. The van der Waals surface area contributed by atoms with Crippen molar-refractivity contribution in [3.8, 4) is 0 Å². The molecule has 16 heavy (non-hydrogen) atoms. The number of hydrogen-bond acceptors (Lipinski definition) is 1. The zero-order chi connectivity index (χ0) is 12.5. The molecule has 0 aliphatic heterocycles. The van der Waals surface area contributed by atoms with Crippen molar-refractivity contribution in [2.75, 3.05) is 0 Å². The van der Waals surface area contributed by atoms with E-state index in [1.165, 1.54) is 5.57 Å². The zero-order valence-corrected chi connectivity index (χ0v) is 11.0. The smallest absolute Gasteiger partial charge is 0.0674 e. The summed E-state index contributed by atoms with van der Waals surface area (Å²) >= 11 is 0. The van der Waals surface area contributed by atoms with Gasteiger partial charge in [0, 0.05) is 11.3 Å². The highest BCUT2D eigenvalue weighted by Gasteiger charge is 2.41. The van der Waals surface area contributed by atoms with Crippen molar-refractivity contribution in [1.29, 1.82) is 0 Å². The average Bonchev–Trinajstić information content (AvgIpc) is 2.20. The Morgan fingerprint density at radius 3 is 2.56 bits per heavy atom. The Labute approximate surface area is 99.6 Å². The quantitative estimate of drug-likeness (QED) is 0.719. The Hall–Kier alpha value is -0.820. The minimum Gasteiger partial charge on any atom is -0.392 e. The van der Waals surface area contributed by atoms with Gasteiger partial charge in [-0.25, -0.2) is 0 Å². The lowest BCUT2D eigenvalue weighted by Gasteiger charge is -2.43. The average molecular weight is 220 g/mol. The van der Waals surface area contributed by atoms with E-state index in [9.17, 15) is 5.11 Å². The molecule has 1 N–H and O–H groups in total. The van der Waals surface area contributed by atoms with Gasteiger partial charge in [-0.05, 0) is 19.3 Å². The molecule has 1 nitrogen and oxygen atoms in total. The van der Waals surface area contributed by atoms with Crippen molar-refractivity contribution in [3.63, 3.8) is 0 Å². The number of allylic oxidation sites excluding steroid dienone is 2. The molecular weight excluding hydrogens is 196 g/mol. The standard InChI is InChI=1S/C15H24O/c1-7-15(6)13(11(4)5)8-12(10(2)3)9-14(15)16/h7-8,10,13-14,16H,1,4,9H2,2-3,5-6H3/t13-,14+,15-/m1/s1. The molecule has 1 heteroatoms. The van der Waals surface area contributed by atoms with Gasteiger partial charge in [-0.15, -0.1) is 6.58 Å². The van der Waals surface area contributed by atoms with Gasteiger partial charge in [-0.2, -0.15) is 0 Å². The minimum atomic E-state index is -0.353. The van der Waals surface area contributed by atoms with E-state index >= 15 is 0 Å². The van der Waals surface area contributed by atoms with Crippen LogP contribution in [0, 0.1) is 17.3 Å². The van der Waals surface area contributed by atoms with Crippen LogP contribution in [-0.4, -0.2) is 11.2 Å². The Morgan fingerprint density at radius 1 is 1.62 bits per heavy atom. The number of aliphatic hydroxyl groups excluding tert-OH is 1. The first-order chi connectivity index (χ1) is 7.32. The lowest BCUT2D eigenvalue weighted by molar-refractivity contribution is 0.0412. The van der Waals surface area contributed by atoms with Gasteiger partial charge in [0.15, 0.2) is 0 Å². The van der Waals surface area contributed by atoms with Gasteiger partial charge in [0.05, 0.1) is 6.10 Å². The molecule has 0 heterocycles. The third-order valence-electron chi connectivity index (χ3n) is 3.91. The van der Waals surface area contributed by atoms with Crippen LogP contribution in [0.2, 0.25) is 0 Å². The minimum absolute atomic E-state index is 0.200. The van der Waals surface area contributed by atoms with Crippen LogP contribution in [0.15, 0.2) is 36.5 Å². The second-order valence-electron chi connectivity index (χ2n) is 5.51. The van der Waals surface area contributed by atoms with E-state index in [1.807, 2.05) is 13.0 Å². The summed E-state index contributed by atoms with van der Waals surface area (Å²) in [6, 6.07) is 0. The van der Waals surface area contributed by atoms with E-state index in [0.29, 0.717) is 5.92 Å². The topological polar surface area (TPSA) is 20.2 Å². The molecule has 0 aromatic rings. The molecule has 0 fully saturated rings. The van der Waals surface area contributed by atoms with Gasteiger partial charge in [-0.3, -0.25) is 0 Å². The van der Waals surface area contributed by atoms with Crippen molar-refractivity contribution >= 4 is 0 Å². The van der Waals surface area contributed by atoms with Crippen LogP contribution in [-0.2, 0) is 0 Å². The summed E-state index contributed by atoms with van der Waals surface area (Å²) in [5, 5.41) is 10.3. The molecule has 1 aliphatic carbocycles. The lowest BCUT2D eigenvalue weighted by Crippen LogP contribution is -2.41. The Morgan fingerprint density at radius 2 is 2.19 bits per heavy atom. The summed E-state index contributed by atoms with van der Waals surface area (Å²) in [6.45, 7) is 16.4. The monoisotopic (exact) mass is 220 g/mol. The fourth-order valence-corrected chi connectivity index (χ4v) is 2.48. The van der Waals surface area contributed by atoms with Crippen molar-refractivity contribution in [2.24, 2.45) is 17.3 Å². The van der Waals surface area contributed by atoms with Gasteiger partial charge in [0.1, 0.15) is 0 Å². The van der Waals surface area contributed by atoms with Crippen molar-refractivity contribution in [1.82, 2.24) is 0 Å². The molecule has 0 saturated heterocycles. The van der Waals surface area contributed by atoms with E-state index in [-0.39, 0.29) is 17.4 Å². The normalized spacial score (nSPS) is 34.8. The summed E-state index contributed by atoms with van der Waals surface area (Å²) in [5.41, 5.74) is 2.16. The molecule has 0 spiro atoms. The molecule has 0 radical (unpaired) electrons. The van der Waals surface area contributed by atoms with Crippen molar-refractivity contribution in [3.05, 3.63) is 36.5 Å². The van der Waals surface area contributed by atoms with Crippen LogP contribution < -0.4 is 0 Å². The maximum Gasteiger partial charge on any atom is 0.0674 e. The second kappa shape index (κ2) is 4.58. The van der Waals surface area contributed by atoms with Crippen LogP contribution in [0.25, 0.3) is 0 Å². The zero-order valence-electron chi connectivity index (χ0n) is 11.0. The first-order valence-electron chi connectivity index (χ1n) is 6.00. The fourth-order valence-electron chi connectivity index (χ4n) is 2.48. The molecule has 0 unspecified atom stereocenters. The predicted molar refractivity (Wildman–Crippen MR) is 70.2 cm³/mol. The van der Waals surface area contributed by atoms with Crippen LogP contribution in [0.1, 0.15) is 34.1 Å². The molecule has 0 aromatic heterocycles. The lowest BCUT2D eigenvalue weighted by atomic mass is 9.64. The first kappa shape index (κ1) is 13.2. The van der Waals surface area contributed by atoms with Gasteiger partial charge in [0.2, 0.25) is 0 Å². The summed E-state index contributed by atoms with van der Waals surface area (Å²) < 4.78 is 0. The molecule has 3 atom stereocenters. The third kappa shape index (κ3) is 2.15. The summed E-state index contributed by atoms with van der Waals surface area (Å²) in [5.74, 6) is 0.692. The van der Waals surface area contributed by atoms with E-state index < -0.39 is 0 Å². The molecule has 0 saturated carbocycles. The van der Waals surface area contributed by atoms with Crippen LogP contribution in [0.4, 0.5) is 0 Å². The van der Waals surface area contributed by atoms with Crippen molar-refractivity contribution < 1.29 is 5.11 Å². The number of hydrogen-bond donors (Lipinski definition) is 1. The van der Waals surface area contributed by atoms with Crippen LogP contribution in [0.5, 0.6) is 0 Å². The maximum absolute atomic E-state index is 10.3. The van der Waals surface area contributed by atoms with Crippen molar-refractivity contribution in [2.45, 2.75) is 40.2 Å². The number of aliphatic hydroxyl groups is 1. The Balaban J connectivity index is 3.18. The van der Waals surface area contributed by atoms with E-state index in [0.717, 1.165) is 12.0 Å². The first-order valence-corrected chi connectivity index (χ1v) is 6.00. The summed E-state index contributed by atoms with van der Waals surface area (Å²) in [4.78, 5) is 0. The summed E-state index contributed by atoms with van der Waals surface area (Å²) in [7, 11) is 0. The molecular formula is C15H24O. The SMILES string of the molecule is C=C[C@]1(C)[C@@H](C(=C)C)C=C(C(C)C)C[C@@H]1O. The second-order valence-corrected chi connectivity index (χ2v) is 5.51. The molecule has 0 bridgehead atoms. The van der Waals surface area contributed by atoms with Gasteiger partial charge in [-0.1, -0.05) is 50.6 Å². The highest BCUT2D eigenvalue weighted by atomic mass is 16.3. The van der Waals surface area contributed by atoms with Gasteiger partial charge >= 0.3 is 0 Å². The summed E-state index contributed by atoms with van der Waals surface area (Å²) in [6.07, 6.45) is 4.56. The number of rotatable bonds is 3. The Bertz CT molecular complexity index is 324.